The fourth-order valence-electron chi connectivity index (χ4n) is 1.40. The lowest BCUT2D eigenvalue weighted by atomic mass is 10.1. The molecule has 0 bridgehead atoms. The van der Waals surface area contributed by atoms with Gasteiger partial charge in [0.15, 0.2) is 5.25 Å². The molecule has 20 heavy (non-hydrogen) atoms. The molecule has 8 heteroatoms. The summed E-state index contributed by atoms with van der Waals surface area (Å²) in [6, 6.07) is 4.23. The first kappa shape index (κ1) is 16.0. The number of aryl methyl sites for hydroxylation is 1. The van der Waals surface area contributed by atoms with Crippen LogP contribution in [-0.2, 0) is 19.6 Å². The Kier molecular flexibility index (Phi) is 4.72. The van der Waals surface area contributed by atoms with E-state index in [-0.39, 0.29) is 11.3 Å². The molecule has 7 nitrogen and oxygen atoms in total. The largest absolute Gasteiger partial charge is 0.480 e. The van der Waals surface area contributed by atoms with Gasteiger partial charge in [-0.2, -0.15) is 0 Å². The number of carbonyl (C=O) groups is 2. The number of ether oxygens (including phenoxy) is 1. The maximum Gasteiger partial charge on any atom is 0.337 e. The number of aliphatic carboxylic acids is 1. The molecule has 0 aromatic heterocycles. The Balaban J connectivity index is 3.06. The number of nitrogens with one attached hydrogen (secondary N) is 1. The van der Waals surface area contributed by atoms with E-state index in [2.05, 4.69) is 9.46 Å². The number of carbonyl (C=O) groups excluding carboxylic acids is 1. The number of methoxy groups -OCH3 is 1. The molecule has 1 rings (SSSR count). The van der Waals surface area contributed by atoms with Crippen LogP contribution < -0.4 is 4.72 Å². The van der Waals surface area contributed by atoms with Crippen LogP contribution in [0.1, 0.15) is 22.8 Å². The number of benzene rings is 1. The van der Waals surface area contributed by atoms with Crippen LogP contribution in [0.3, 0.4) is 0 Å². The first-order chi connectivity index (χ1) is 9.19. The van der Waals surface area contributed by atoms with Crippen LogP contribution in [0.2, 0.25) is 0 Å². The van der Waals surface area contributed by atoms with E-state index in [0.29, 0.717) is 5.56 Å². The molecule has 1 aromatic carbocycles. The highest BCUT2D eigenvalue weighted by Gasteiger charge is 2.28. The van der Waals surface area contributed by atoms with Crippen LogP contribution in [0.5, 0.6) is 0 Å². The normalized spacial score (nSPS) is 12.6. The highest BCUT2D eigenvalue weighted by Crippen LogP contribution is 2.19. The quantitative estimate of drug-likeness (QED) is 0.785. The van der Waals surface area contributed by atoms with Gasteiger partial charge in [-0.1, -0.05) is 0 Å². The highest BCUT2D eigenvalue weighted by atomic mass is 32.2. The van der Waals surface area contributed by atoms with Crippen LogP contribution >= 0.6 is 0 Å². The van der Waals surface area contributed by atoms with Crippen molar-refractivity contribution in [2.75, 3.05) is 11.8 Å². The highest BCUT2D eigenvalue weighted by molar-refractivity contribution is 7.94. The molecule has 1 aromatic rings. The van der Waals surface area contributed by atoms with Crippen LogP contribution in [0.15, 0.2) is 18.2 Å². The van der Waals surface area contributed by atoms with Gasteiger partial charge >= 0.3 is 11.9 Å². The van der Waals surface area contributed by atoms with Crippen LogP contribution in [0, 0.1) is 6.92 Å². The van der Waals surface area contributed by atoms with Gasteiger partial charge in [-0.3, -0.25) is 9.52 Å². The standard InChI is InChI=1S/C12H15NO6S/c1-7-6-9(12(16)19-3)4-5-10(7)13-20(17,18)8(2)11(14)15/h4-6,8,13H,1-3H3,(H,14,15). The van der Waals surface area contributed by atoms with Gasteiger partial charge < -0.3 is 9.84 Å². The minimum absolute atomic E-state index is 0.214. The summed E-state index contributed by atoms with van der Waals surface area (Å²) in [5, 5.41) is 7.15. The summed E-state index contributed by atoms with van der Waals surface area (Å²) in [5.74, 6) is -1.98. The number of anilines is 1. The summed E-state index contributed by atoms with van der Waals surface area (Å²) < 4.78 is 30.3. The molecule has 0 amide bonds. The average molecular weight is 301 g/mol. The smallest absolute Gasteiger partial charge is 0.337 e. The van der Waals surface area contributed by atoms with Gasteiger partial charge in [-0.05, 0) is 37.6 Å². The van der Waals surface area contributed by atoms with Gasteiger partial charge in [-0.25, -0.2) is 13.2 Å². The molecule has 0 heterocycles. The van der Waals surface area contributed by atoms with Crippen LogP contribution in [0.25, 0.3) is 0 Å². The van der Waals surface area contributed by atoms with E-state index in [1.807, 2.05) is 0 Å². The number of rotatable bonds is 5. The Morgan fingerprint density at radius 3 is 2.40 bits per heavy atom. The van der Waals surface area contributed by atoms with E-state index in [1.165, 1.54) is 25.3 Å². The molecule has 110 valence electrons. The molecule has 0 spiro atoms. The van der Waals surface area contributed by atoms with Crippen molar-refractivity contribution in [2.24, 2.45) is 0 Å². The Morgan fingerprint density at radius 1 is 1.35 bits per heavy atom. The summed E-state index contributed by atoms with van der Waals surface area (Å²) in [6.45, 7) is 2.67. The molecule has 1 unspecified atom stereocenters. The van der Waals surface area contributed by atoms with Crippen LogP contribution in [0.4, 0.5) is 5.69 Å². The number of esters is 1. The molecule has 0 saturated heterocycles. The number of carboxylic acids is 1. The van der Waals surface area contributed by atoms with Crippen molar-refractivity contribution in [2.45, 2.75) is 19.1 Å². The number of carboxylic acid groups (broad SMARTS) is 1. The Labute approximate surface area is 116 Å². The molecule has 2 N–H and O–H groups in total. The summed E-state index contributed by atoms with van der Waals surface area (Å²) in [4.78, 5) is 22.0. The SMILES string of the molecule is COC(=O)c1ccc(NS(=O)(=O)C(C)C(=O)O)c(C)c1. The van der Waals surface area contributed by atoms with Crippen molar-refractivity contribution in [1.82, 2.24) is 0 Å². The van der Waals surface area contributed by atoms with Gasteiger partial charge in [0.05, 0.1) is 18.4 Å². The zero-order chi connectivity index (χ0) is 15.5. The predicted octanol–water partition coefficient (Wildman–Crippen LogP) is 0.996. The summed E-state index contributed by atoms with van der Waals surface area (Å²) in [6.07, 6.45) is 0. The van der Waals surface area contributed by atoms with Gasteiger partial charge in [-0.15, -0.1) is 0 Å². The maximum absolute atomic E-state index is 11.8. The fraction of sp³-hybridized carbons (Fsp3) is 0.333. The monoisotopic (exact) mass is 301 g/mol. The first-order valence-corrected chi connectivity index (χ1v) is 7.17. The Bertz CT molecular complexity index is 637. The molecule has 0 aliphatic heterocycles. The molecule has 0 radical (unpaired) electrons. The molecule has 0 aliphatic rings. The molecular weight excluding hydrogens is 286 g/mol. The van der Waals surface area contributed by atoms with Crippen molar-refractivity contribution in [3.05, 3.63) is 29.3 Å². The molecule has 0 fully saturated rings. The minimum atomic E-state index is -4.04. The summed E-state index contributed by atoms with van der Waals surface area (Å²) in [7, 11) is -2.80. The van der Waals surface area contributed by atoms with Gasteiger partial charge in [0.1, 0.15) is 0 Å². The zero-order valence-electron chi connectivity index (χ0n) is 11.2. The Morgan fingerprint density at radius 2 is 1.95 bits per heavy atom. The second-order valence-corrected chi connectivity index (χ2v) is 6.15. The first-order valence-electron chi connectivity index (χ1n) is 5.62. The van der Waals surface area contributed by atoms with Gasteiger partial charge in [0.25, 0.3) is 0 Å². The van der Waals surface area contributed by atoms with Crippen molar-refractivity contribution in [3.8, 4) is 0 Å². The van der Waals surface area contributed by atoms with E-state index in [4.69, 9.17) is 5.11 Å². The van der Waals surface area contributed by atoms with E-state index in [9.17, 15) is 18.0 Å². The molecule has 0 aliphatic carbocycles. The zero-order valence-corrected chi connectivity index (χ0v) is 12.0. The summed E-state index contributed by atoms with van der Waals surface area (Å²) >= 11 is 0. The van der Waals surface area contributed by atoms with E-state index in [1.54, 1.807) is 6.92 Å². The van der Waals surface area contributed by atoms with Crippen molar-refractivity contribution in [3.63, 3.8) is 0 Å². The van der Waals surface area contributed by atoms with E-state index in [0.717, 1.165) is 6.92 Å². The summed E-state index contributed by atoms with van der Waals surface area (Å²) in [5.41, 5.74) is 0.971. The van der Waals surface area contributed by atoms with Gasteiger partial charge in [0.2, 0.25) is 10.0 Å². The molecule has 0 saturated carbocycles. The molecule has 1 atom stereocenters. The predicted molar refractivity (Wildman–Crippen MR) is 72.2 cm³/mol. The lowest BCUT2D eigenvalue weighted by molar-refractivity contribution is -0.136. The lowest BCUT2D eigenvalue weighted by Crippen LogP contribution is -2.32. The number of sulfonamides is 1. The van der Waals surface area contributed by atoms with Crippen molar-refractivity contribution >= 4 is 27.6 Å². The number of hydrogen-bond acceptors (Lipinski definition) is 5. The van der Waals surface area contributed by atoms with Crippen molar-refractivity contribution < 1.29 is 27.9 Å². The second-order valence-electron chi connectivity index (χ2n) is 4.15. The van der Waals surface area contributed by atoms with Gasteiger partial charge in [0, 0.05) is 0 Å². The third-order valence-electron chi connectivity index (χ3n) is 2.71. The minimum Gasteiger partial charge on any atom is -0.480 e. The third kappa shape index (κ3) is 3.47. The maximum atomic E-state index is 11.8. The lowest BCUT2D eigenvalue weighted by Gasteiger charge is -2.13. The van der Waals surface area contributed by atoms with E-state index >= 15 is 0 Å². The van der Waals surface area contributed by atoms with Crippen LogP contribution in [-0.4, -0.2) is 37.8 Å². The second kappa shape index (κ2) is 5.91. The van der Waals surface area contributed by atoms with Crippen molar-refractivity contribution in [1.29, 1.82) is 0 Å². The van der Waals surface area contributed by atoms with E-state index < -0.39 is 27.2 Å². The average Bonchev–Trinajstić information content (AvgIpc) is 2.38. The Hall–Kier alpha value is -2.09. The number of hydrogen-bond donors (Lipinski definition) is 2. The topological polar surface area (TPSA) is 110 Å². The third-order valence-corrected chi connectivity index (χ3v) is 4.35. The fourth-order valence-corrected chi connectivity index (χ4v) is 2.38. The molecular formula is C12H15NO6S.